The van der Waals surface area contributed by atoms with Gasteiger partial charge < -0.3 is 0 Å². The molecule has 0 unspecified atom stereocenters. The van der Waals surface area contributed by atoms with E-state index in [0.717, 1.165) is 21.9 Å². The molecule has 1 N–H and O–H groups in total. The van der Waals surface area contributed by atoms with Crippen molar-refractivity contribution in [2.45, 2.75) is 13.8 Å². The summed E-state index contributed by atoms with van der Waals surface area (Å²) in [6, 6.07) is 7.41. The maximum absolute atomic E-state index is 9.49. The van der Waals surface area contributed by atoms with E-state index < -0.39 is 21.4 Å². The van der Waals surface area contributed by atoms with Crippen LogP contribution in [0.15, 0.2) is 43.6 Å². The van der Waals surface area contributed by atoms with Crippen molar-refractivity contribution in [2.24, 2.45) is 0 Å². The zero-order chi connectivity index (χ0) is 15.7. The number of phenols is 1. The molecule has 1 aromatic carbocycles. The van der Waals surface area contributed by atoms with Crippen molar-refractivity contribution in [2.75, 3.05) is 0 Å². The summed E-state index contributed by atoms with van der Waals surface area (Å²) in [5, 5.41) is 24.8. The third-order valence-electron chi connectivity index (χ3n) is 3.73. The number of thiocyanates is 1. The van der Waals surface area contributed by atoms with Crippen LogP contribution < -0.4 is 3.32 Å². The van der Waals surface area contributed by atoms with Crippen molar-refractivity contribution in [1.82, 2.24) is 5.16 Å². The molecule has 2 aromatic rings. The number of allylic oxidation sites excluding steroid dienone is 1. The normalized spacial score (nSPS) is 13.8. The van der Waals surface area contributed by atoms with Crippen molar-refractivity contribution in [3.63, 3.8) is 0 Å². The van der Waals surface area contributed by atoms with Gasteiger partial charge in [-0.25, -0.2) is 0 Å². The molecule has 0 amide bonds. The Kier molecular flexibility index (Phi) is 4.37. The summed E-state index contributed by atoms with van der Waals surface area (Å²) in [7, 11) is 0. The number of aromatic hydroxyl groups is 1. The molecule has 0 spiro atoms. The van der Waals surface area contributed by atoms with Gasteiger partial charge in [-0.3, -0.25) is 0 Å². The average molecular weight is 412 g/mol. The van der Waals surface area contributed by atoms with Crippen LogP contribution >= 0.6 is 11.8 Å². The Bertz CT molecular complexity index is 796. The first-order chi connectivity index (χ1) is 10.6. The summed E-state index contributed by atoms with van der Waals surface area (Å²) in [5.41, 5.74) is 1.92. The molecule has 108 valence electrons. The quantitative estimate of drug-likeness (QED) is 0.786. The van der Waals surface area contributed by atoms with Crippen LogP contribution in [0.5, 0.6) is 5.75 Å². The van der Waals surface area contributed by atoms with Gasteiger partial charge in [-0.2, -0.15) is 0 Å². The molecule has 0 atom stereocenters. The second-order valence-electron chi connectivity index (χ2n) is 5.10. The van der Waals surface area contributed by atoms with Gasteiger partial charge in [0.05, 0.1) is 0 Å². The fourth-order valence-corrected chi connectivity index (χ4v) is 13.2. The average Bonchev–Trinajstić information content (AvgIpc) is 3.04. The molecular formula is C16H13InN2O2S. The monoisotopic (exact) mass is 412 g/mol. The van der Waals surface area contributed by atoms with Crippen molar-refractivity contribution in [3.05, 3.63) is 56.1 Å². The molecule has 2 heterocycles. The SMILES string of the molecule is Cc1noc(C)c1[C]1=C(SC#N)C=[CH][In]1[c]1ccc(O)cc1. The van der Waals surface area contributed by atoms with Gasteiger partial charge in [-0.05, 0) is 0 Å². The Hall–Kier alpha value is -1.58. The molecule has 0 fully saturated rings. The molecule has 0 saturated heterocycles. The van der Waals surface area contributed by atoms with E-state index in [-0.39, 0.29) is 5.75 Å². The summed E-state index contributed by atoms with van der Waals surface area (Å²) in [6.07, 6.45) is 2.06. The summed E-state index contributed by atoms with van der Waals surface area (Å²) in [5.74, 6) is 1.07. The minimum absolute atomic E-state index is 0.270. The molecule has 0 aliphatic carbocycles. The van der Waals surface area contributed by atoms with E-state index in [1.807, 2.05) is 26.0 Å². The number of benzene rings is 1. The first-order valence-electron chi connectivity index (χ1n) is 6.82. The van der Waals surface area contributed by atoms with Crippen LogP contribution in [0.4, 0.5) is 0 Å². The van der Waals surface area contributed by atoms with Gasteiger partial charge in [0.25, 0.3) is 0 Å². The van der Waals surface area contributed by atoms with Gasteiger partial charge in [0.15, 0.2) is 0 Å². The van der Waals surface area contributed by atoms with E-state index in [4.69, 9.17) is 9.78 Å². The Morgan fingerprint density at radius 1 is 1.27 bits per heavy atom. The minimum atomic E-state index is -2.43. The number of nitriles is 1. The Balaban J connectivity index is 2.14. The topological polar surface area (TPSA) is 70.0 Å². The molecular weight excluding hydrogens is 399 g/mol. The van der Waals surface area contributed by atoms with Gasteiger partial charge in [-0.15, -0.1) is 0 Å². The molecule has 6 heteroatoms. The van der Waals surface area contributed by atoms with Crippen LogP contribution in [-0.2, 0) is 0 Å². The first kappa shape index (κ1) is 15.3. The number of hydrogen-bond donors (Lipinski definition) is 1. The summed E-state index contributed by atoms with van der Waals surface area (Å²) in [4.78, 5) is 1.01. The molecule has 1 aliphatic rings. The zero-order valence-corrected chi connectivity index (χ0v) is 16.3. The van der Waals surface area contributed by atoms with Crippen LogP contribution in [0.25, 0.3) is 3.33 Å². The predicted molar refractivity (Wildman–Crippen MR) is 88.7 cm³/mol. The summed E-state index contributed by atoms with van der Waals surface area (Å²) < 4.78 is 10.1. The van der Waals surface area contributed by atoms with Gasteiger partial charge in [0.2, 0.25) is 0 Å². The van der Waals surface area contributed by atoms with Gasteiger partial charge in [0, 0.05) is 0 Å². The third-order valence-corrected chi connectivity index (χ3v) is 13.3. The number of phenolic OH excluding ortho intramolecular Hbond substituents is 1. The predicted octanol–water partition coefficient (Wildman–Crippen LogP) is 2.97. The number of nitrogens with zero attached hydrogens (tertiary/aromatic N) is 2. The third kappa shape index (κ3) is 2.71. The van der Waals surface area contributed by atoms with Crippen LogP contribution in [0.3, 0.4) is 0 Å². The standard InChI is InChI=1S/C10H8N2OS.C6H5O.In/c1-4-9(14-6-11)5-10-7(2)12-13-8(10)3;7-6-4-2-1-3-5-6;/h1,4H,2-3H3;2-5,7H;. The zero-order valence-electron chi connectivity index (χ0n) is 12.2. The van der Waals surface area contributed by atoms with Crippen LogP contribution in [0.2, 0.25) is 0 Å². The summed E-state index contributed by atoms with van der Waals surface area (Å²) >= 11 is -1.23. The maximum atomic E-state index is 9.49. The van der Waals surface area contributed by atoms with E-state index in [9.17, 15) is 5.11 Å². The molecule has 1 aliphatic heterocycles. The number of aromatic nitrogens is 1. The second-order valence-corrected chi connectivity index (χ2v) is 13.3. The van der Waals surface area contributed by atoms with Crippen molar-refractivity contribution in [3.8, 4) is 11.2 Å². The molecule has 4 nitrogen and oxygen atoms in total. The fraction of sp³-hybridized carbons (Fsp3) is 0.125. The molecule has 1 aromatic heterocycles. The second kappa shape index (κ2) is 6.27. The van der Waals surface area contributed by atoms with E-state index in [1.165, 1.54) is 18.4 Å². The number of rotatable bonds is 3. The first-order valence-corrected chi connectivity index (χ1v) is 12.8. The Morgan fingerprint density at radius 2 is 2.00 bits per heavy atom. The molecule has 22 heavy (non-hydrogen) atoms. The fourth-order valence-electron chi connectivity index (χ4n) is 2.77. The number of hydrogen-bond acceptors (Lipinski definition) is 5. The Morgan fingerprint density at radius 3 is 2.59 bits per heavy atom. The van der Waals surface area contributed by atoms with Crippen molar-refractivity contribution in [1.29, 1.82) is 5.26 Å². The van der Waals surface area contributed by atoms with Gasteiger partial charge in [0.1, 0.15) is 0 Å². The molecule has 3 rings (SSSR count). The van der Waals surface area contributed by atoms with E-state index in [0.29, 0.717) is 0 Å². The van der Waals surface area contributed by atoms with Crippen molar-refractivity contribution < 1.29 is 9.63 Å². The van der Waals surface area contributed by atoms with E-state index in [1.54, 1.807) is 12.1 Å². The molecule has 0 radical (unpaired) electrons. The Labute approximate surface area is 140 Å². The van der Waals surface area contributed by atoms with Crippen LogP contribution in [0, 0.1) is 24.5 Å². The number of aryl methyl sites for hydroxylation is 2. The molecule has 0 bridgehead atoms. The summed E-state index contributed by atoms with van der Waals surface area (Å²) in [6.45, 7) is 3.85. The van der Waals surface area contributed by atoms with Crippen LogP contribution in [-0.4, -0.2) is 31.7 Å². The van der Waals surface area contributed by atoms with Gasteiger partial charge in [-0.1, -0.05) is 0 Å². The van der Waals surface area contributed by atoms with E-state index in [2.05, 4.69) is 20.5 Å². The number of thioether (sulfide) groups is 1. The van der Waals surface area contributed by atoms with Gasteiger partial charge >= 0.3 is 141 Å². The van der Waals surface area contributed by atoms with Crippen molar-refractivity contribution >= 4 is 39.8 Å². The molecule has 0 saturated carbocycles. The van der Waals surface area contributed by atoms with E-state index >= 15 is 0 Å². The van der Waals surface area contributed by atoms with Crippen LogP contribution in [0.1, 0.15) is 17.0 Å².